The first-order chi connectivity index (χ1) is 14.9. The van der Waals surface area contributed by atoms with Crippen molar-refractivity contribution < 1.29 is 19.2 Å². The quantitative estimate of drug-likeness (QED) is 0.220. The smallest absolute Gasteiger partial charge is 0.317 e. The molecule has 2 aromatic carbocycles. The molecule has 154 valence electrons. The van der Waals surface area contributed by atoms with Crippen LogP contribution in [0.15, 0.2) is 60.2 Å². The minimum atomic E-state index is -1.48. The molecule has 0 saturated heterocycles. The van der Waals surface area contributed by atoms with Crippen molar-refractivity contribution in [1.82, 2.24) is 0 Å². The number of nitrogens with zero attached hydrogens (tertiary/aromatic N) is 3. The van der Waals surface area contributed by atoms with Gasteiger partial charge in [0.15, 0.2) is 5.78 Å². The Bertz CT molecular complexity index is 1140. The van der Waals surface area contributed by atoms with Crippen molar-refractivity contribution in [3.63, 3.8) is 0 Å². The van der Waals surface area contributed by atoms with Crippen LogP contribution in [0.25, 0.3) is 5.57 Å². The van der Waals surface area contributed by atoms with E-state index in [0.717, 1.165) is 0 Å². The van der Waals surface area contributed by atoms with Crippen LogP contribution >= 0.6 is 0 Å². The lowest BCUT2D eigenvalue weighted by Gasteiger charge is -2.20. The van der Waals surface area contributed by atoms with Crippen LogP contribution in [0.4, 0.5) is 5.69 Å². The monoisotopic (exact) mass is 415 g/mol. The Hall–Kier alpha value is -4.30. The standard InChI is InChI=1S/C23H17N3O5/c1-2-31-22(28)23(20(17(13-24)14-25)15-6-4-3-5-7-15)12-19(23)21(27)16-8-10-18(11-9-16)26(29)30/h3-11,19H,2,12H2,1H3/t19-,23+/m0/s1. The number of hydrogen-bond donors (Lipinski definition) is 0. The molecule has 1 saturated carbocycles. The summed E-state index contributed by atoms with van der Waals surface area (Å²) in [4.78, 5) is 36.5. The number of rotatable bonds is 7. The Morgan fingerprint density at radius 1 is 1.10 bits per heavy atom. The first-order valence-electron chi connectivity index (χ1n) is 9.47. The van der Waals surface area contributed by atoms with E-state index >= 15 is 0 Å². The molecule has 0 unspecified atom stereocenters. The molecule has 1 fully saturated rings. The van der Waals surface area contributed by atoms with Crippen molar-refractivity contribution in [1.29, 1.82) is 10.5 Å². The number of carbonyl (C=O) groups excluding carboxylic acids is 2. The van der Waals surface area contributed by atoms with Crippen molar-refractivity contribution in [2.24, 2.45) is 11.3 Å². The minimum absolute atomic E-state index is 0.0650. The molecule has 8 heteroatoms. The third-order valence-electron chi connectivity index (χ3n) is 5.26. The third-order valence-corrected chi connectivity index (χ3v) is 5.26. The fourth-order valence-electron chi connectivity index (χ4n) is 3.76. The van der Waals surface area contributed by atoms with Crippen molar-refractivity contribution in [3.05, 3.63) is 81.4 Å². The van der Waals surface area contributed by atoms with Crippen molar-refractivity contribution in [2.75, 3.05) is 6.61 Å². The average Bonchev–Trinajstić information content (AvgIpc) is 3.54. The number of Topliss-reactive ketones (excluding diaryl/α,β-unsaturated/α-hetero) is 1. The van der Waals surface area contributed by atoms with E-state index in [9.17, 15) is 30.2 Å². The summed E-state index contributed by atoms with van der Waals surface area (Å²) in [5.74, 6) is -1.95. The van der Waals surface area contributed by atoms with Crippen LogP contribution in [0.2, 0.25) is 0 Å². The highest BCUT2D eigenvalue weighted by Crippen LogP contribution is 2.63. The molecule has 0 amide bonds. The number of nitriles is 2. The van der Waals surface area contributed by atoms with E-state index in [-0.39, 0.29) is 35.4 Å². The van der Waals surface area contributed by atoms with E-state index in [1.807, 2.05) is 12.1 Å². The van der Waals surface area contributed by atoms with E-state index < -0.39 is 28.0 Å². The highest BCUT2D eigenvalue weighted by atomic mass is 16.6. The lowest BCUT2D eigenvalue weighted by molar-refractivity contribution is -0.384. The van der Waals surface area contributed by atoms with Crippen LogP contribution in [-0.4, -0.2) is 23.3 Å². The third kappa shape index (κ3) is 3.79. The van der Waals surface area contributed by atoms with Gasteiger partial charge in [-0.1, -0.05) is 30.3 Å². The molecular weight excluding hydrogens is 398 g/mol. The number of ketones is 1. The Labute approximate surface area is 178 Å². The summed E-state index contributed by atoms with van der Waals surface area (Å²) in [5, 5.41) is 30.0. The van der Waals surface area contributed by atoms with Gasteiger partial charge < -0.3 is 4.74 Å². The summed E-state index contributed by atoms with van der Waals surface area (Å²) in [5.41, 5.74) is -1.06. The maximum atomic E-state index is 13.2. The maximum Gasteiger partial charge on any atom is 0.317 e. The molecule has 1 aliphatic carbocycles. The second-order valence-corrected chi connectivity index (χ2v) is 6.96. The zero-order chi connectivity index (χ0) is 22.6. The molecule has 2 aromatic rings. The Kier molecular flexibility index (Phi) is 5.94. The summed E-state index contributed by atoms with van der Waals surface area (Å²) >= 11 is 0. The van der Waals surface area contributed by atoms with E-state index in [0.29, 0.717) is 5.56 Å². The molecule has 3 rings (SSSR count). The molecule has 2 atom stereocenters. The molecule has 31 heavy (non-hydrogen) atoms. The van der Waals surface area contributed by atoms with Gasteiger partial charge in [-0.3, -0.25) is 19.7 Å². The van der Waals surface area contributed by atoms with E-state index in [2.05, 4.69) is 0 Å². The van der Waals surface area contributed by atoms with Gasteiger partial charge in [-0.05, 0) is 31.0 Å². The van der Waals surface area contributed by atoms with Gasteiger partial charge in [-0.25, -0.2) is 0 Å². The molecule has 1 aliphatic rings. The van der Waals surface area contributed by atoms with Crippen molar-refractivity contribution in [3.8, 4) is 12.1 Å². The summed E-state index contributed by atoms with van der Waals surface area (Å²) in [6, 6.07) is 17.2. The second-order valence-electron chi connectivity index (χ2n) is 6.96. The topological polar surface area (TPSA) is 134 Å². The highest BCUT2D eigenvalue weighted by Gasteiger charge is 2.67. The van der Waals surface area contributed by atoms with Crippen LogP contribution in [-0.2, 0) is 9.53 Å². The zero-order valence-electron chi connectivity index (χ0n) is 16.6. The van der Waals surface area contributed by atoms with E-state index in [1.165, 1.54) is 24.3 Å². The molecule has 0 N–H and O–H groups in total. The number of allylic oxidation sites excluding steroid dienone is 1. The Morgan fingerprint density at radius 2 is 1.71 bits per heavy atom. The van der Waals surface area contributed by atoms with E-state index in [1.54, 1.807) is 37.3 Å². The van der Waals surface area contributed by atoms with Gasteiger partial charge in [0, 0.05) is 29.2 Å². The largest absolute Gasteiger partial charge is 0.465 e. The Balaban J connectivity index is 2.12. The summed E-state index contributed by atoms with van der Waals surface area (Å²) in [6.45, 7) is 1.69. The number of benzene rings is 2. The lowest BCUT2D eigenvalue weighted by atomic mass is 9.83. The van der Waals surface area contributed by atoms with Crippen LogP contribution in [0.3, 0.4) is 0 Å². The van der Waals surface area contributed by atoms with Gasteiger partial charge in [0.25, 0.3) is 5.69 Å². The Morgan fingerprint density at radius 3 is 2.23 bits per heavy atom. The van der Waals surface area contributed by atoms with Gasteiger partial charge in [0.1, 0.15) is 23.1 Å². The van der Waals surface area contributed by atoms with Gasteiger partial charge >= 0.3 is 5.97 Å². The lowest BCUT2D eigenvalue weighted by Crippen LogP contribution is -2.26. The molecule has 0 radical (unpaired) electrons. The number of esters is 1. The predicted octanol–water partition coefficient (Wildman–Crippen LogP) is 3.85. The molecule has 0 aromatic heterocycles. The summed E-state index contributed by atoms with van der Waals surface area (Å²) in [6.07, 6.45) is 0.0682. The summed E-state index contributed by atoms with van der Waals surface area (Å²) < 4.78 is 5.24. The first kappa shape index (κ1) is 21.4. The van der Waals surface area contributed by atoms with Gasteiger partial charge in [-0.2, -0.15) is 10.5 Å². The number of carbonyl (C=O) groups is 2. The fourth-order valence-corrected chi connectivity index (χ4v) is 3.76. The van der Waals surface area contributed by atoms with Gasteiger partial charge in [0.05, 0.1) is 11.5 Å². The van der Waals surface area contributed by atoms with Gasteiger partial charge in [0.2, 0.25) is 0 Å². The normalized spacial score (nSPS) is 18.7. The predicted molar refractivity (Wildman–Crippen MR) is 109 cm³/mol. The minimum Gasteiger partial charge on any atom is -0.465 e. The van der Waals surface area contributed by atoms with E-state index in [4.69, 9.17) is 4.74 Å². The molecule has 0 spiro atoms. The van der Waals surface area contributed by atoms with Crippen molar-refractivity contribution in [2.45, 2.75) is 13.3 Å². The second kappa shape index (κ2) is 8.60. The number of ether oxygens (including phenoxy) is 1. The zero-order valence-corrected chi connectivity index (χ0v) is 16.6. The highest BCUT2D eigenvalue weighted by molar-refractivity contribution is 6.11. The van der Waals surface area contributed by atoms with Crippen LogP contribution < -0.4 is 0 Å². The maximum absolute atomic E-state index is 13.2. The summed E-state index contributed by atoms with van der Waals surface area (Å²) in [7, 11) is 0. The van der Waals surface area contributed by atoms with Crippen LogP contribution in [0, 0.1) is 44.1 Å². The fraction of sp³-hybridized carbons (Fsp3) is 0.217. The number of non-ortho nitro benzene ring substituents is 1. The number of nitro benzene ring substituents is 1. The molecule has 8 nitrogen and oxygen atoms in total. The SMILES string of the molecule is CCOC(=O)[C@]1(C(=C(C#N)C#N)c2ccccc2)C[C@H]1C(=O)c1ccc([N+](=O)[O-])cc1. The average molecular weight is 415 g/mol. The molecule has 0 aliphatic heterocycles. The molecule has 0 heterocycles. The van der Waals surface area contributed by atoms with Crippen LogP contribution in [0.1, 0.15) is 29.3 Å². The molecule has 0 bridgehead atoms. The molecular formula is C23H17N3O5. The van der Waals surface area contributed by atoms with Crippen LogP contribution in [0.5, 0.6) is 0 Å². The van der Waals surface area contributed by atoms with Gasteiger partial charge in [-0.15, -0.1) is 0 Å². The van der Waals surface area contributed by atoms with Crippen molar-refractivity contribution >= 4 is 23.0 Å². The first-order valence-corrected chi connectivity index (χ1v) is 9.47. The number of nitro groups is 1. The number of hydrogen-bond acceptors (Lipinski definition) is 7.